The summed E-state index contributed by atoms with van der Waals surface area (Å²) in [6, 6.07) is 14.3. The molecule has 2 aliphatic rings. The molecule has 2 atom stereocenters. The van der Waals surface area contributed by atoms with Crippen molar-refractivity contribution in [1.82, 2.24) is 0 Å². The minimum Gasteiger partial charge on any atom is -0.481 e. The zero-order chi connectivity index (χ0) is 27.3. The van der Waals surface area contributed by atoms with Gasteiger partial charge in [-0.3, -0.25) is 19.7 Å². The Morgan fingerprint density at radius 1 is 0.925 bits per heavy atom. The normalized spacial score (nSPS) is 18.5. The van der Waals surface area contributed by atoms with Crippen molar-refractivity contribution >= 4 is 28.1 Å². The van der Waals surface area contributed by atoms with Gasteiger partial charge < -0.3 is 26.5 Å². The van der Waals surface area contributed by atoms with Crippen LogP contribution < -0.4 is 5.73 Å². The van der Waals surface area contributed by atoms with Crippen molar-refractivity contribution < 1.29 is 55.7 Å². The van der Waals surface area contributed by atoms with Gasteiger partial charge in [-0.15, -0.1) is 0 Å². The van der Waals surface area contributed by atoms with Crippen molar-refractivity contribution in [3.05, 3.63) is 46.0 Å². The van der Waals surface area contributed by atoms with E-state index < -0.39 is 22.1 Å². The van der Waals surface area contributed by atoms with Gasteiger partial charge in [0.1, 0.15) is 6.61 Å². The molecule has 2 fully saturated rings. The van der Waals surface area contributed by atoms with Crippen molar-refractivity contribution in [1.29, 1.82) is 0 Å². The fourth-order valence-corrected chi connectivity index (χ4v) is 14.9. The standard InChI is InChI=1S/C17H25NO4Si.C10H21NO2Si.2H2O.Pd/c1-23(10-6-3-7-11-23)16(13-18(20)21)12-17(19)22-14-15-8-4-2-5-9-15;1-14(5-3-2-4-6-14)9(8-11)7-10(12)13;;;/h2,4-5,8-9,16H,3,6-7,10-14H2,1H3;9H,2-8,11H2,1H3,(H,12,13);2*1H2;. The van der Waals surface area contributed by atoms with Crippen LogP contribution >= 0.6 is 0 Å². The largest absolute Gasteiger partial charge is 0.481 e. The Morgan fingerprint density at radius 3 is 1.82 bits per heavy atom. The molecule has 2 unspecified atom stereocenters. The molecule has 0 saturated carbocycles. The van der Waals surface area contributed by atoms with Crippen LogP contribution in [0.1, 0.15) is 56.9 Å². The van der Waals surface area contributed by atoms with Gasteiger partial charge in [0.2, 0.25) is 6.54 Å². The summed E-state index contributed by atoms with van der Waals surface area (Å²) < 4.78 is 5.34. The van der Waals surface area contributed by atoms with E-state index in [1.807, 2.05) is 30.3 Å². The fourth-order valence-electron chi connectivity index (χ4n) is 6.07. The first-order valence-corrected chi connectivity index (χ1v) is 19.8. The van der Waals surface area contributed by atoms with Gasteiger partial charge >= 0.3 is 11.9 Å². The number of carboxylic acids is 1. The fraction of sp³-hybridized carbons (Fsp3) is 0.704. The molecule has 40 heavy (non-hydrogen) atoms. The Bertz CT molecular complexity index is 869. The maximum absolute atomic E-state index is 12.2. The Hall–Kier alpha value is -1.46. The van der Waals surface area contributed by atoms with Crippen molar-refractivity contribution in [3.8, 4) is 0 Å². The van der Waals surface area contributed by atoms with E-state index in [0.717, 1.165) is 30.5 Å². The Kier molecular flexibility index (Phi) is 20.8. The number of nitrogens with zero attached hydrogens (tertiary/aromatic N) is 1. The summed E-state index contributed by atoms with van der Waals surface area (Å²) in [5.41, 5.74) is 6.83. The van der Waals surface area contributed by atoms with Gasteiger partial charge in [0, 0.05) is 37.3 Å². The summed E-state index contributed by atoms with van der Waals surface area (Å²) in [6.45, 7) is 5.28. The predicted octanol–water partition coefficient (Wildman–Crippen LogP) is 4.43. The third-order valence-electron chi connectivity index (χ3n) is 8.69. The number of hydrogen-bond donors (Lipinski definition) is 2. The Labute approximate surface area is 254 Å². The molecule has 0 spiro atoms. The number of ether oxygens (including phenoxy) is 1. The van der Waals surface area contributed by atoms with Gasteiger partial charge in [-0.05, 0) is 17.6 Å². The number of nitrogens with two attached hydrogens (primary N) is 1. The molecular weight excluding hydrogens is 643 g/mol. The molecule has 7 N–H and O–H groups in total. The maximum Gasteiger partial charge on any atom is 0.306 e. The first-order valence-electron chi connectivity index (χ1n) is 13.8. The van der Waals surface area contributed by atoms with E-state index in [0.29, 0.717) is 18.5 Å². The molecule has 0 bridgehead atoms. The van der Waals surface area contributed by atoms with E-state index in [-0.39, 0.29) is 67.4 Å². The smallest absolute Gasteiger partial charge is 0.306 e. The summed E-state index contributed by atoms with van der Waals surface area (Å²) in [7, 11) is -3.08. The summed E-state index contributed by atoms with van der Waals surface area (Å²) in [6.07, 6.45) is 7.90. The van der Waals surface area contributed by atoms with Crippen LogP contribution in [0.2, 0.25) is 48.4 Å². The van der Waals surface area contributed by atoms with Crippen LogP contribution in [0, 0.1) is 10.1 Å². The molecule has 1 aromatic rings. The molecule has 0 radical (unpaired) electrons. The number of nitro groups is 1. The van der Waals surface area contributed by atoms with Crippen LogP contribution in [-0.4, -0.2) is 62.2 Å². The molecule has 2 heterocycles. The molecule has 0 aliphatic carbocycles. The number of esters is 1. The van der Waals surface area contributed by atoms with Gasteiger partial charge in [0.05, 0.1) is 22.6 Å². The molecule has 0 amide bonds. The van der Waals surface area contributed by atoms with Crippen LogP contribution in [0.3, 0.4) is 0 Å². The maximum atomic E-state index is 12.2. The minimum atomic E-state index is -1.74. The molecule has 2 saturated heterocycles. The van der Waals surface area contributed by atoms with Gasteiger partial charge in [-0.2, -0.15) is 0 Å². The molecule has 1 aromatic carbocycles. The molecule has 234 valence electrons. The minimum absolute atomic E-state index is 0. The summed E-state index contributed by atoms with van der Waals surface area (Å²) >= 11 is 0. The monoisotopic (exact) mass is 692 g/mol. The van der Waals surface area contributed by atoms with Crippen LogP contribution in [0.15, 0.2) is 30.3 Å². The Balaban J connectivity index is 0. The van der Waals surface area contributed by atoms with Crippen molar-refractivity contribution in [3.63, 3.8) is 0 Å². The van der Waals surface area contributed by atoms with E-state index in [4.69, 9.17) is 15.6 Å². The predicted molar refractivity (Wildman–Crippen MR) is 159 cm³/mol. The number of carbonyl (C=O) groups is 2. The summed E-state index contributed by atoms with van der Waals surface area (Å²) in [4.78, 5) is 33.7. The van der Waals surface area contributed by atoms with Gasteiger partial charge in [0.25, 0.3) is 0 Å². The topological polar surface area (TPSA) is 196 Å². The van der Waals surface area contributed by atoms with E-state index in [1.165, 1.54) is 37.8 Å². The van der Waals surface area contributed by atoms with Crippen molar-refractivity contribution in [2.45, 2.75) is 106 Å². The number of aliphatic carboxylic acids is 1. The molecular formula is C27H50N2O8PdSi2. The second kappa shape index (κ2) is 20.4. The Morgan fingerprint density at radius 2 is 1.40 bits per heavy atom. The van der Waals surface area contributed by atoms with E-state index in [2.05, 4.69) is 13.1 Å². The molecule has 3 rings (SSSR count). The molecule has 0 aromatic heterocycles. The number of benzene rings is 1. The summed E-state index contributed by atoms with van der Waals surface area (Å²) in [5.74, 6) is -0.986. The van der Waals surface area contributed by atoms with Crippen LogP contribution in [0.5, 0.6) is 0 Å². The second-order valence-corrected chi connectivity index (χ2v) is 21.8. The third-order valence-corrected chi connectivity index (χ3v) is 19.4. The quantitative estimate of drug-likeness (QED) is 0.148. The first kappa shape index (κ1) is 40.7. The second-order valence-electron chi connectivity index (χ2n) is 11.5. The van der Waals surface area contributed by atoms with Crippen molar-refractivity contribution in [2.24, 2.45) is 5.73 Å². The van der Waals surface area contributed by atoms with Crippen LogP contribution in [0.25, 0.3) is 0 Å². The van der Waals surface area contributed by atoms with E-state index >= 15 is 0 Å². The zero-order valence-corrected chi connectivity index (χ0v) is 27.5. The number of rotatable bonds is 11. The average molecular weight is 693 g/mol. The first-order chi connectivity index (χ1) is 17.6. The van der Waals surface area contributed by atoms with Crippen LogP contribution in [-0.2, 0) is 41.4 Å². The average Bonchev–Trinajstić information content (AvgIpc) is 2.87. The van der Waals surface area contributed by atoms with E-state index in [1.54, 1.807) is 0 Å². The molecule has 2 aliphatic heterocycles. The zero-order valence-electron chi connectivity index (χ0n) is 24.0. The van der Waals surface area contributed by atoms with Crippen LogP contribution in [0.4, 0.5) is 0 Å². The summed E-state index contributed by atoms with van der Waals surface area (Å²) in [5, 5.41) is 19.9. The SMILES string of the molecule is C[Si]1(C(CC(=O)OCc2ccccc2)C[N+](=O)[O-])CCCCC1.C[Si]1(C(CN)CC(=O)O)CCCCC1.O.O.[Pd]. The van der Waals surface area contributed by atoms with Gasteiger partial charge in [0.15, 0.2) is 0 Å². The molecule has 10 nitrogen and oxygen atoms in total. The van der Waals surface area contributed by atoms with Crippen molar-refractivity contribution in [2.75, 3.05) is 13.1 Å². The number of carbonyl (C=O) groups excluding carboxylic acids is 1. The third kappa shape index (κ3) is 13.9. The van der Waals surface area contributed by atoms with Gasteiger partial charge in [-0.1, -0.05) is 106 Å². The van der Waals surface area contributed by atoms with E-state index in [9.17, 15) is 19.7 Å². The van der Waals surface area contributed by atoms with Gasteiger partial charge in [-0.25, -0.2) is 0 Å². The number of hydrogen-bond acceptors (Lipinski definition) is 6. The molecule has 13 heteroatoms. The number of carboxylic acid groups (broad SMARTS) is 1.